The highest BCUT2D eigenvalue weighted by atomic mass is 19.1. The van der Waals surface area contributed by atoms with Gasteiger partial charge < -0.3 is 10.6 Å². The Morgan fingerprint density at radius 2 is 2.03 bits per heavy atom. The van der Waals surface area contributed by atoms with E-state index in [0.717, 1.165) is 35.4 Å². The number of rotatable bonds is 4. The molecule has 1 unspecified atom stereocenters. The van der Waals surface area contributed by atoms with Crippen LogP contribution in [-0.2, 0) is 6.42 Å². The normalized spacial score (nSPS) is 16.4. The molecule has 0 aliphatic carbocycles. The summed E-state index contributed by atoms with van der Waals surface area (Å²) >= 11 is 0. The van der Waals surface area contributed by atoms with Crippen LogP contribution in [0, 0.1) is 19.7 Å². The molecule has 7 heteroatoms. The van der Waals surface area contributed by atoms with Crippen molar-refractivity contribution >= 4 is 11.9 Å². The molecule has 31 heavy (non-hydrogen) atoms. The zero-order chi connectivity index (χ0) is 22.0. The predicted molar refractivity (Wildman–Crippen MR) is 117 cm³/mol. The smallest absolute Gasteiger partial charge is 0.257 e. The van der Waals surface area contributed by atoms with Crippen molar-refractivity contribution in [1.29, 1.82) is 0 Å². The Morgan fingerprint density at radius 3 is 2.81 bits per heavy atom. The molecule has 2 N–H and O–H groups in total. The Morgan fingerprint density at radius 1 is 1.19 bits per heavy atom. The molecule has 0 saturated carbocycles. The molecule has 6 nitrogen and oxygen atoms in total. The van der Waals surface area contributed by atoms with E-state index in [2.05, 4.69) is 16.0 Å². The van der Waals surface area contributed by atoms with Crippen LogP contribution in [0.5, 0.6) is 0 Å². The molecule has 4 rings (SSSR count). The Bertz CT molecular complexity index is 1120. The number of nitrogens with zero attached hydrogens (tertiary/aromatic N) is 4. The Hall–Kier alpha value is -3.35. The maximum absolute atomic E-state index is 13.6. The molecule has 1 atom stereocenters. The third-order valence-corrected chi connectivity index (χ3v) is 5.69. The van der Waals surface area contributed by atoms with Crippen LogP contribution in [0.1, 0.15) is 57.3 Å². The Balaban J connectivity index is 1.54. The van der Waals surface area contributed by atoms with Gasteiger partial charge in [-0.05, 0) is 68.5 Å². The summed E-state index contributed by atoms with van der Waals surface area (Å²) in [5.74, 6) is 0.0148. The van der Waals surface area contributed by atoms with Gasteiger partial charge in [-0.2, -0.15) is 0 Å². The van der Waals surface area contributed by atoms with Gasteiger partial charge in [0, 0.05) is 36.6 Å². The minimum Gasteiger partial charge on any atom is -0.368 e. The largest absolute Gasteiger partial charge is 0.368 e. The number of halogens is 1. The number of likely N-dealkylation sites (tertiary alicyclic amines) is 1. The minimum atomic E-state index is -0.230. The number of hydrogen-bond donors (Lipinski definition) is 1. The number of carbonyl (C=O) groups is 1. The van der Waals surface area contributed by atoms with Crippen LogP contribution in [0.4, 0.5) is 10.3 Å². The maximum atomic E-state index is 13.6. The average Bonchev–Trinajstić information content (AvgIpc) is 2.73. The minimum absolute atomic E-state index is 0.0742. The topological polar surface area (TPSA) is 85.0 Å². The van der Waals surface area contributed by atoms with Crippen LogP contribution in [0.2, 0.25) is 0 Å². The summed E-state index contributed by atoms with van der Waals surface area (Å²) < 4.78 is 13.6. The maximum Gasteiger partial charge on any atom is 0.257 e. The number of nitrogen functional groups attached to an aromatic ring is 1. The number of piperidine rings is 1. The summed E-state index contributed by atoms with van der Waals surface area (Å²) in [7, 11) is 0. The number of anilines is 1. The number of amides is 1. The highest BCUT2D eigenvalue weighted by Gasteiger charge is 2.28. The van der Waals surface area contributed by atoms with Crippen molar-refractivity contribution in [3.63, 3.8) is 0 Å². The summed E-state index contributed by atoms with van der Waals surface area (Å²) in [5.41, 5.74) is 10.6. The van der Waals surface area contributed by atoms with Gasteiger partial charge in [0.05, 0.1) is 11.3 Å². The molecule has 0 bridgehead atoms. The third-order valence-electron chi connectivity index (χ3n) is 5.69. The molecule has 0 spiro atoms. The van der Waals surface area contributed by atoms with Crippen molar-refractivity contribution in [2.75, 3.05) is 18.8 Å². The lowest BCUT2D eigenvalue weighted by molar-refractivity contribution is 0.0704. The predicted octanol–water partition coefficient (Wildman–Crippen LogP) is 3.82. The second-order valence-corrected chi connectivity index (χ2v) is 8.17. The standard InChI is InChI=1S/C24H26FN5O/c1-15-9-18(10-17-5-3-7-20(25)11-17)12-22(28-15)19-6-4-8-30(14-19)23(31)21-13-27-24(26)29-16(21)2/h3,5,7,9,11-13,19H,4,6,8,10,14H2,1-2H3,(H2,26,27,29). The van der Waals surface area contributed by atoms with E-state index in [1.807, 2.05) is 24.0 Å². The number of aryl methyl sites for hydroxylation is 2. The molecule has 1 amide bonds. The molecule has 2 aromatic heterocycles. The van der Waals surface area contributed by atoms with E-state index < -0.39 is 0 Å². The number of benzene rings is 1. The number of nitrogens with two attached hydrogens (primary N) is 1. The molecule has 1 saturated heterocycles. The van der Waals surface area contributed by atoms with Crippen LogP contribution in [0.15, 0.2) is 42.6 Å². The number of hydrogen-bond acceptors (Lipinski definition) is 5. The van der Waals surface area contributed by atoms with Crippen LogP contribution in [0.25, 0.3) is 0 Å². The van der Waals surface area contributed by atoms with Gasteiger partial charge in [0.15, 0.2) is 0 Å². The van der Waals surface area contributed by atoms with Crippen LogP contribution >= 0.6 is 0 Å². The van der Waals surface area contributed by atoms with Crippen LogP contribution in [0.3, 0.4) is 0 Å². The molecule has 1 aliphatic rings. The van der Waals surface area contributed by atoms with Gasteiger partial charge in [-0.3, -0.25) is 9.78 Å². The molecular formula is C24H26FN5O. The fourth-order valence-electron chi connectivity index (χ4n) is 4.23. The summed E-state index contributed by atoms with van der Waals surface area (Å²) in [6, 6.07) is 10.8. The lowest BCUT2D eigenvalue weighted by atomic mass is 9.92. The number of carbonyl (C=O) groups excluding carboxylic acids is 1. The van der Waals surface area contributed by atoms with Gasteiger partial charge in [0.25, 0.3) is 5.91 Å². The second kappa shape index (κ2) is 8.79. The van der Waals surface area contributed by atoms with Crippen molar-refractivity contribution in [3.8, 4) is 0 Å². The number of pyridine rings is 1. The van der Waals surface area contributed by atoms with Crippen molar-refractivity contribution in [2.24, 2.45) is 0 Å². The molecule has 1 aromatic carbocycles. The van der Waals surface area contributed by atoms with Gasteiger partial charge in [0.1, 0.15) is 5.82 Å². The number of aromatic nitrogens is 3. The van der Waals surface area contributed by atoms with Crippen LogP contribution in [-0.4, -0.2) is 38.8 Å². The summed E-state index contributed by atoms with van der Waals surface area (Å²) in [4.78, 5) is 27.8. The SMILES string of the molecule is Cc1cc(Cc2cccc(F)c2)cc(C2CCCN(C(=O)c3cnc(N)nc3C)C2)n1. The van der Waals surface area contributed by atoms with Gasteiger partial charge in [-0.1, -0.05) is 12.1 Å². The first kappa shape index (κ1) is 20.9. The monoisotopic (exact) mass is 419 g/mol. The van der Waals surface area contributed by atoms with Gasteiger partial charge in [-0.25, -0.2) is 14.4 Å². The van der Waals surface area contributed by atoms with E-state index >= 15 is 0 Å². The Kier molecular flexibility index (Phi) is 5.93. The molecule has 160 valence electrons. The Labute approximate surface area is 181 Å². The summed E-state index contributed by atoms with van der Waals surface area (Å²) in [6.45, 7) is 5.03. The lowest BCUT2D eigenvalue weighted by Gasteiger charge is -2.33. The zero-order valence-electron chi connectivity index (χ0n) is 17.8. The van der Waals surface area contributed by atoms with E-state index in [1.165, 1.54) is 12.3 Å². The zero-order valence-corrected chi connectivity index (χ0v) is 17.8. The molecule has 3 aromatic rings. The lowest BCUT2D eigenvalue weighted by Crippen LogP contribution is -2.39. The molecule has 3 heterocycles. The van der Waals surface area contributed by atoms with E-state index in [9.17, 15) is 9.18 Å². The van der Waals surface area contributed by atoms with E-state index in [1.54, 1.807) is 19.1 Å². The van der Waals surface area contributed by atoms with Crippen molar-refractivity contribution in [2.45, 2.75) is 39.0 Å². The van der Waals surface area contributed by atoms with Gasteiger partial charge in [0.2, 0.25) is 5.95 Å². The second-order valence-electron chi connectivity index (χ2n) is 8.17. The third kappa shape index (κ3) is 4.87. The van der Waals surface area contributed by atoms with E-state index in [0.29, 0.717) is 30.8 Å². The van der Waals surface area contributed by atoms with E-state index in [-0.39, 0.29) is 23.6 Å². The molecular weight excluding hydrogens is 393 g/mol. The van der Waals surface area contributed by atoms with E-state index in [4.69, 9.17) is 10.7 Å². The summed E-state index contributed by atoms with van der Waals surface area (Å²) in [5, 5.41) is 0. The van der Waals surface area contributed by atoms with Gasteiger partial charge in [-0.15, -0.1) is 0 Å². The van der Waals surface area contributed by atoms with Crippen molar-refractivity contribution < 1.29 is 9.18 Å². The van der Waals surface area contributed by atoms with Crippen molar-refractivity contribution in [3.05, 3.63) is 82.2 Å². The van der Waals surface area contributed by atoms with Crippen LogP contribution < -0.4 is 5.73 Å². The van der Waals surface area contributed by atoms with Gasteiger partial charge >= 0.3 is 0 Å². The average molecular weight is 420 g/mol. The highest BCUT2D eigenvalue weighted by molar-refractivity contribution is 5.95. The summed E-state index contributed by atoms with van der Waals surface area (Å²) in [6.07, 6.45) is 4.02. The first-order valence-corrected chi connectivity index (χ1v) is 10.5. The quantitative estimate of drug-likeness (QED) is 0.695. The first-order valence-electron chi connectivity index (χ1n) is 10.5. The first-order chi connectivity index (χ1) is 14.9. The van der Waals surface area contributed by atoms with Crippen molar-refractivity contribution in [1.82, 2.24) is 19.9 Å². The molecule has 1 fully saturated rings. The molecule has 0 radical (unpaired) electrons. The fourth-order valence-corrected chi connectivity index (χ4v) is 4.23. The fraction of sp³-hybridized carbons (Fsp3) is 0.333. The highest BCUT2D eigenvalue weighted by Crippen LogP contribution is 2.28. The molecule has 1 aliphatic heterocycles.